The first-order valence-corrected chi connectivity index (χ1v) is 10.4. The second-order valence-corrected chi connectivity index (χ2v) is 7.98. The van der Waals surface area contributed by atoms with Crippen LogP contribution in [0, 0.1) is 5.82 Å². The number of aromatic nitrogens is 5. The van der Waals surface area contributed by atoms with E-state index in [2.05, 4.69) is 15.5 Å². The van der Waals surface area contributed by atoms with Crippen LogP contribution in [-0.4, -0.2) is 29.9 Å². The fraction of sp³-hybridized carbons (Fsp3) is 0.0455. The van der Waals surface area contributed by atoms with Crippen molar-refractivity contribution in [2.75, 3.05) is 0 Å². The molecule has 0 aliphatic heterocycles. The van der Waals surface area contributed by atoms with Gasteiger partial charge in [0, 0.05) is 18.8 Å². The first-order valence-electron chi connectivity index (χ1n) is 9.61. The van der Waals surface area contributed by atoms with Crippen molar-refractivity contribution in [3.05, 3.63) is 87.3 Å². The van der Waals surface area contributed by atoms with Gasteiger partial charge < -0.3 is 9.52 Å². The van der Waals surface area contributed by atoms with Gasteiger partial charge in [0.1, 0.15) is 21.7 Å². The highest BCUT2D eigenvalue weighted by Crippen LogP contribution is 2.35. The molecule has 0 bridgehead atoms. The Labute approximate surface area is 188 Å². The Bertz CT molecular complexity index is 1610. The molecule has 5 rings (SSSR count). The number of benzene rings is 2. The molecular formula is C22H14FN5O4S. The van der Waals surface area contributed by atoms with Crippen molar-refractivity contribution in [3.8, 4) is 22.7 Å². The van der Waals surface area contributed by atoms with E-state index in [1.54, 1.807) is 31.3 Å². The van der Waals surface area contributed by atoms with Crippen LogP contribution in [-0.2, 0) is 7.05 Å². The lowest BCUT2D eigenvalue weighted by Gasteiger charge is -2.15. The maximum atomic E-state index is 13.7. The van der Waals surface area contributed by atoms with Gasteiger partial charge in [-0.05, 0) is 52.0 Å². The van der Waals surface area contributed by atoms with Gasteiger partial charge >= 0.3 is 5.63 Å². The van der Waals surface area contributed by atoms with Crippen LogP contribution in [0.1, 0.15) is 0 Å². The van der Waals surface area contributed by atoms with E-state index in [0.717, 1.165) is 11.8 Å². The second-order valence-electron chi connectivity index (χ2n) is 7.01. The summed E-state index contributed by atoms with van der Waals surface area (Å²) in [6.07, 6.45) is 0. The summed E-state index contributed by atoms with van der Waals surface area (Å²) in [4.78, 5) is 26.1. The van der Waals surface area contributed by atoms with Gasteiger partial charge in [-0.15, -0.1) is 5.10 Å². The highest BCUT2D eigenvalue weighted by molar-refractivity contribution is 7.99. The fourth-order valence-electron chi connectivity index (χ4n) is 3.40. The van der Waals surface area contributed by atoms with Crippen LogP contribution in [0.2, 0.25) is 0 Å². The summed E-state index contributed by atoms with van der Waals surface area (Å²) in [5.41, 5.74) is -0.130. The van der Waals surface area contributed by atoms with Crippen LogP contribution in [0.25, 0.3) is 27.9 Å². The van der Waals surface area contributed by atoms with Crippen molar-refractivity contribution < 1.29 is 13.9 Å². The van der Waals surface area contributed by atoms with Gasteiger partial charge in [0.05, 0.1) is 5.69 Å². The minimum Gasteiger partial charge on any atom is -0.505 e. The molecule has 33 heavy (non-hydrogen) atoms. The van der Waals surface area contributed by atoms with E-state index in [0.29, 0.717) is 16.9 Å². The monoisotopic (exact) mass is 463 g/mol. The van der Waals surface area contributed by atoms with Crippen LogP contribution in [0.5, 0.6) is 5.75 Å². The first-order chi connectivity index (χ1) is 15.9. The summed E-state index contributed by atoms with van der Waals surface area (Å²) in [6, 6.07) is 15.8. The summed E-state index contributed by atoms with van der Waals surface area (Å²) in [5.74, 6) is -1.01. The number of rotatable bonds is 4. The molecule has 1 N–H and O–H groups in total. The third-order valence-electron chi connectivity index (χ3n) is 4.94. The molecule has 0 aliphatic carbocycles. The standard InChI is InChI=1S/C22H14FN5O4S/c1-27-22(24-25-26-27)33-19-18(29)17-16(32-21(19)31)11-15(12-5-3-2-4-6-12)28(20(17)30)14-9-7-13(23)8-10-14/h2-11,29H,1H3. The number of tetrazole rings is 1. The van der Waals surface area contributed by atoms with E-state index < -0.39 is 22.8 Å². The van der Waals surface area contributed by atoms with Crippen molar-refractivity contribution in [1.82, 2.24) is 24.8 Å². The van der Waals surface area contributed by atoms with Crippen LogP contribution >= 0.6 is 11.8 Å². The van der Waals surface area contributed by atoms with E-state index in [-0.39, 0.29) is 21.0 Å². The number of halogens is 1. The molecule has 0 amide bonds. The smallest absolute Gasteiger partial charge is 0.354 e. The SMILES string of the molecule is Cn1nnnc1Sc1c(O)c2c(=O)n(-c3ccc(F)cc3)c(-c3ccccc3)cc2oc1=O. The molecular weight excluding hydrogens is 449 g/mol. The van der Waals surface area contributed by atoms with Crippen molar-refractivity contribution in [2.24, 2.45) is 7.05 Å². The van der Waals surface area contributed by atoms with E-state index in [4.69, 9.17) is 4.42 Å². The fourth-order valence-corrected chi connectivity index (χ4v) is 4.15. The number of aryl methyl sites for hydroxylation is 1. The molecule has 0 fully saturated rings. The molecule has 0 saturated heterocycles. The van der Waals surface area contributed by atoms with Gasteiger partial charge in [-0.2, -0.15) is 0 Å². The van der Waals surface area contributed by atoms with E-state index in [9.17, 15) is 19.1 Å². The Kier molecular flexibility index (Phi) is 5.02. The number of nitrogens with zero attached hydrogens (tertiary/aromatic N) is 5. The highest BCUT2D eigenvalue weighted by Gasteiger charge is 2.23. The number of pyridine rings is 1. The molecule has 3 heterocycles. The Morgan fingerprint density at radius 3 is 2.45 bits per heavy atom. The third kappa shape index (κ3) is 3.57. The molecule has 164 valence electrons. The lowest BCUT2D eigenvalue weighted by Crippen LogP contribution is -2.21. The van der Waals surface area contributed by atoms with Gasteiger partial charge in [-0.1, -0.05) is 30.3 Å². The molecule has 0 spiro atoms. The second kappa shape index (κ2) is 8.02. The average molecular weight is 463 g/mol. The lowest BCUT2D eigenvalue weighted by atomic mass is 10.1. The van der Waals surface area contributed by atoms with Crippen molar-refractivity contribution in [1.29, 1.82) is 0 Å². The molecule has 0 atom stereocenters. The molecule has 0 saturated carbocycles. The third-order valence-corrected chi connectivity index (χ3v) is 6.03. The molecule has 11 heteroatoms. The molecule has 9 nitrogen and oxygen atoms in total. The molecule has 0 aliphatic rings. The minimum atomic E-state index is -0.842. The predicted octanol–water partition coefficient (Wildman–Crippen LogP) is 3.13. The molecule has 2 aromatic carbocycles. The zero-order chi connectivity index (χ0) is 23.1. The van der Waals surface area contributed by atoms with Crippen LogP contribution in [0.3, 0.4) is 0 Å². The van der Waals surface area contributed by atoms with Gasteiger partial charge in [0.15, 0.2) is 5.75 Å². The van der Waals surface area contributed by atoms with Crippen molar-refractivity contribution in [3.63, 3.8) is 0 Å². The summed E-state index contributed by atoms with van der Waals surface area (Å²) < 4.78 is 21.6. The molecule has 3 aromatic heterocycles. The Morgan fingerprint density at radius 1 is 1.06 bits per heavy atom. The summed E-state index contributed by atoms with van der Waals surface area (Å²) in [5, 5.41) is 21.9. The Balaban J connectivity index is 1.83. The topological polar surface area (TPSA) is 116 Å². The summed E-state index contributed by atoms with van der Waals surface area (Å²) >= 11 is 0.775. The quantitative estimate of drug-likeness (QED) is 0.432. The number of hydrogen-bond donors (Lipinski definition) is 1. The van der Waals surface area contributed by atoms with E-state index in [1.165, 1.54) is 39.6 Å². The lowest BCUT2D eigenvalue weighted by molar-refractivity contribution is 0.446. The maximum absolute atomic E-state index is 13.7. The zero-order valence-electron chi connectivity index (χ0n) is 17.0. The van der Waals surface area contributed by atoms with Crippen LogP contribution in [0.15, 0.2) is 84.7 Å². The maximum Gasteiger partial charge on any atom is 0.354 e. The highest BCUT2D eigenvalue weighted by atomic mass is 32.2. The normalized spacial score (nSPS) is 11.2. The largest absolute Gasteiger partial charge is 0.505 e. The Hall–Kier alpha value is -4.25. The minimum absolute atomic E-state index is 0.0832. The Morgan fingerprint density at radius 2 is 1.79 bits per heavy atom. The first kappa shape index (κ1) is 20.6. The summed E-state index contributed by atoms with van der Waals surface area (Å²) in [6.45, 7) is 0. The van der Waals surface area contributed by atoms with Gasteiger partial charge in [-0.25, -0.2) is 13.9 Å². The van der Waals surface area contributed by atoms with Crippen molar-refractivity contribution in [2.45, 2.75) is 10.1 Å². The predicted molar refractivity (Wildman–Crippen MR) is 118 cm³/mol. The molecule has 0 unspecified atom stereocenters. The number of aromatic hydroxyl groups is 1. The van der Waals surface area contributed by atoms with Crippen molar-refractivity contribution >= 4 is 22.7 Å². The van der Waals surface area contributed by atoms with Gasteiger partial charge in [0.2, 0.25) is 5.16 Å². The van der Waals surface area contributed by atoms with E-state index >= 15 is 0 Å². The zero-order valence-corrected chi connectivity index (χ0v) is 17.8. The van der Waals surface area contributed by atoms with Gasteiger partial charge in [0.25, 0.3) is 5.56 Å². The number of hydrogen-bond acceptors (Lipinski definition) is 8. The van der Waals surface area contributed by atoms with E-state index in [1.807, 2.05) is 6.07 Å². The number of fused-ring (bicyclic) bond motifs is 1. The molecule has 5 aromatic rings. The van der Waals surface area contributed by atoms with Gasteiger partial charge in [-0.3, -0.25) is 9.36 Å². The molecule has 0 radical (unpaired) electrons. The summed E-state index contributed by atoms with van der Waals surface area (Å²) in [7, 11) is 1.57. The van der Waals surface area contributed by atoms with Crippen LogP contribution in [0.4, 0.5) is 4.39 Å². The van der Waals surface area contributed by atoms with Crippen LogP contribution < -0.4 is 11.2 Å². The average Bonchev–Trinajstić information content (AvgIpc) is 3.22.